The van der Waals surface area contributed by atoms with Gasteiger partial charge in [-0.3, -0.25) is 9.78 Å². The van der Waals surface area contributed by atoms with E-state index in [1.807, 2.05) is 13.0 Å². The van der Waals surface area contributed by atoms with Gasteiger partial charge in [0, 0.05) is 18.1 Å². The summed E-state index contributed by atoms with van der Waals surface area (Å²) in [6.45, 7) is 1.95. The number of anilines is 1. The zero-order chi connectivity index (χ0) is 15.4. The first-order valence-corrected chi connectivity index (χ1v) is 7.75. The van der Waals surface area contributed by atoms with Gasteiger partial charge in [-0.25, -0.2) is 0 Å². The molecule has 1 aliphatic carbocycles. The number of benzene rings is 1. The number of nitrogens with one attached hydrogen (secondary N) is 1. The molecule has 1 heterocycles. The minimum Gasteiger partial charge on any atom is -0.481 e. The van der Waals surface area contributed by atoms with Crippen molar-refractivity contribution in [2.45, 2.75) is 38.7 Å². The molecule has 1 unspecified atom stereocenters. The number of carbonyl (C=O) groups excluding carboxylic acids is 1. The maximum absolute atomic E-state index is 12.3. The van der Waals surface area contributed by atoms with Crippen LogP contribution in [0.1, 0.15) is 30.9 Å². The van der Waals surface area contributed by atoms with Crippen LogP contribution in [0.5, 0.6) is 5.75 Å². The standard InChI is InChI=1S/C18H20N2O2/c1-2-17(18(21)20-15-8-10-19-11-9-15)22-16-7-6-13-4-3-5-14(13)12-16/h6-12,17H,2-5H2,1H3,(H,19,20,21). The lowest BCUT2D eigenvalue weighted by atomic mass is 10.1. The Balaban J connectivity index is 1.67. The minimum atomic E-state index is -0.493. The Morgan fingerprint density at radius 1 is 1.23 bits per heavy atom. The van der Waals surface area contributed by atoms with Crippen LogP contribution in [0, 0.1) is 0 Å². The van der Waals surface area contributed by atoms with Crippen LogP contribution in [0.2, 0.25) is 0 Å². The fourth-order valence-electron chi connectivity index (χ4n) is 2.77. The molecule has 1 aromatic carbocycles. The van der Waals surface area contributed by atoms with Gasteiger partial charge in [0.1, 0.15) is 5.75 Å². The van der Waals surface area contributed by atoms with E-state index in [9.17, 15) is 4.79 Å². The largest absolute Gasteiger partial charge is 0.481 e. The number of pyridine rings is 1. The van der Waals surface area contributed by atoms with Crippen molar-refractivity contribution >= 4 is 11.6 Å². The molecule has 3 rings (SSSR count). The molecule has 4 heteroatoms. The maximum atomic E-state index is 12.3. The molecule has 0 radical (unpaired) electrons. The molecule has 0 saturated carbocycles. The van der Waals surface area contributed by atoms with E-state index in [0.29, 0.717) is 6.42 Å². The van der Waals surface area contributed by atoms with Crippen LogP contribution in [0.15, 0.2) is 42.7 Å². The second kappa shape index (κ2) is 6.60. The normalized spacial score (nSPS) is 14.2. The van der Waals surface area contributed by atoms with Gasteiger partial charge in [-0.05, 0) is 61.1 Å². The number of ether oxygens (including phenoxy) is 1. The average Bonchev–Trinajstić information content (AvgIpc) is 3.01. The SMILES string of the molecule is CCC(Oc1ccc2c(c1)CCC2)C(=O)Nc1ccncc1. The van der Waals surface area contributed by atoms with Crippen LogP contribution in [-0.4, -0.2) is 17.0 Å². The molecule has 1 N–H and O–H groups in total. The van der Waals surface area contributed by atoms with Gasteiger partial charge in [0.25, 0.3) is 5.91 Å². The number of hydrogen-bond donors (Lipinski definition) is 1. The van der Waals surface area contributed by atoms with E-state index in [-0.39, 0.29) is 5.91 Å². The highest BCUT2D eigenvalue weighted by atomic mass is 16.5. The summed E-state index contributed by atoms with van der Waals surface area (Å²) in [5, 5.41) is 2.86. The highest BCUT2D eigenvalue weighted by Gasteiger charge is 2.19. The van der Waals surface area contributed by atoms with E-state index in [4.69, 9.17) is 4.74 Å². The van der Waals surface area contributed by atoms with E-state index >= 15 is 0 Å². The third-order valence-corrected chi connectivity index (χ3v) is 3.96. The first kappa shape index (κ1) is 14.6. The van der Waals surface area contributed by atoms with Gasteiger partial charge in [-0.1, -0.05) is 13.0 Å². The summed E-state index contributed by atoms with van der Waals surface area (Å²) in [5.41, 5.74) is 3.49. The van der Waals surface area contributed by atoms with Crippen molar-refractivity contribution in [2.24, 2.45) is 0 Å². The Kier molecular flexibility index (Phi) is 4.37. The Hall–Kier alpha value is -2.36. The van der Waals surface area contributed by atoms with Crippen LogP contribution < -0.4 is 10.1 Å². The summed E-state index contributed by atoms with van der Waals surface area (Å²) in [7, 11) is 0. The Morgan fingerprint density at radius 3 is 2.77 bits per heavy atom. The minimum absolute atomic E-state index is 0.130. The monoisotopic (exact) mass is 296 g/mol. The predicted molar refractivity (Wildman–Crippen MR) is 86.0 cm³/mol. The molecule has 114 valence electrons. The van der Waals surface area contributed by atoms with Crippen LogP contribution in [-0.2, 0) is 17.6 Å². The Bertz CT molecular complexity index is 655. The summed E-state index contributed by atoms with van der Waals surface area (Å²) in [6.07, 6.45) is 6.89. The highest BCUT2D eigenvalue weighted by Crippen LogP contribution is 2.27. The zero-order valence-electron chi connectivity index (χ0n) is 12.7. The van der Waals surface area contributed by atoms with E-state index < -0.39 is 6.10 Å². The molecule has 0 bridgehead atoms. The lowest BCUT2D eigenvalue weighted by Gasteiger charge is -2.18. The fraction of sp³-hybridized carbons (Fsp3) is 0.333. The van der Waals surface area contributed by atoms with E-state index in [1.165, 1.54) is 17.5 Å². The van der Waals surface area contributed by atoms with Crippen molar-refractivity contribution in [1.29, 1.82) is 0 Å². The van der Waals surface area contributed by atoms with Gasteiger partial charge in [0.05, 0.1) is 0 Å². The van der Waals surface area contributed by atoms with Crippen LogP contribution in [0.3, 0.4) is 0 Å². The topological polar surface area (TPSA) is 51.2 Å². The number of carbonyl (C=O) groups is 1. The number of fused-ring (bicyclic) bond motifs is 1. The molecular weight excluding hydrogens is 276 g/mol. The molecule has 22 heavy (non-hydrogen) atoms. The molecule has 0 fully saturated rings. The molecule has 1 amide bonds. The van der Waals surface area contributed by atoms with Crippen molar-refractivity contribution in [3.05, 3.63) is 53.9 Å². The van der Waals surface area contributed by atoms with Crippen molar-refractivity contribution in [3.8, 4) is 5.75 Å². The number of rotatable bonds is 5. The number of nitrogens with zero attached hydrogens (tertiary/aromatic N) is 1. The van der Waals surface area contributed by atoms with Crippen molar-refractivity contribution in [2.75, 3.05) is 5.32 Å². The first-order chi connectivity index (χ1) is 10.8. The summed E-state index contributed by atoms with van der Waals surface area (Å²) in [6, 6.07) is 9.68. The number of aryl methyl sites for hydroxylation is 2. The molecule has 2 aromatic rings. The zero-order valence-corrected chi connectivity index (χ0v) is 12.7. The third-order valence-electron chi connectivity index (χ3n) is 3.96. The molecule has 1 aromatic heterocycles. The lowest BCUT2D eigenvalue weighted by Crippen LogP contribution is -2.32. The quantitative estimate of drug-likeness (QED) is 0.920. The summed E-state index contributed by atoms with van der Waals surface area (Å²) in [4.78, 5) is 16.3. The van der Waals surface area contributed by atoms with Gasteiger partial charge < -0.3 is 10.1 Å². The van der Waals surface area contributed by atoms with E-state index in [0.717, 1.165) is 24.3 Å². The third kappa shape index (κ3) is 3.27. The van der Waals surface area contributed by atoms with Gasteiger partial charge in [-0.2, -0.15) is 0 Å². The van der Waals surface area contributed by atoms with Gasteiger partial charge >= 0.3 is 0 Å². The van der Waals surface area contributed by atoms with Crippen molar-refractivity contribution in [1.82, 2.24) is 4.98 Å². The first-order valence-electron chi connectivity index (χ1n) is 7.75. The molecular formula is C18H20N2O2. The van der Waals surface area contributed by atoms with Crippen LogP contribution >= 0.6 is 0 Å². The fourth-order valence-corrected chi connectivity index (χ4v) is 2.77. The highest BCUT2D eigenvalue weighted by molar-refractivity contribution is 5.94. The van der Waals surface area contributed by atoms with Gasteiger partial charge in [-0.15, -0.1) is 0 Å². The Labute approximate surface area is 130 Å². The van der Waals surface area contributed by atoms with Gasteiger partial charge in [0.2, 0.25) is 0 Å². The Morgan fingerprint density at radius 2 is 2.00 bits per heavy atom. The number of hydrogen-bond acceptors (Lipinski definition) is 3. The van der Waals surface area contributed by atoms with Crippen LogP contribution in [0.25, 0.3) is 0 Å². The predicted octanol–water partition coefficient (Wildman–Crippen LogP) is 3.37. The summed E-state index contributed by atoms with van der Waals surface area (Å²) < 4.78 is 5.90. The smallest absolute Gasteiger partial charge is 0.265 e. The molecule has 1 atom stereocenters. The lowest BCUT2D eigenvalue weighted by molar-refractivity contribution is -0.122. The number of amides is 1. The van der Waals surface area contributed by atoms with E-state index in [2.05, 4.69) is 22.4 Å². The van der Waals surface area contributed by atoms with Crippen molar-refractivity contribution < 1.29 is 9.53 Å². The molecule has 1 aliphatic rings. The molecule has 4 nitrogen and oxygen atoms in total. The molecule has 0 spiro atoms. The van der Waals surface area contributed by atoms with Gasteiger partial charge in [0.15, 0.2) is 6.10 Å². The summed E-state index contributed by atoms with van der Waals surface area (Å²) >= 11 is 0. The number of aromatic nitrogens is 1. The average molecular weight is 296 g/mol. The van der Waals surface area contributed by atoms with Crippen LogP contribution in [0.4, 0.5) is 5.69 Å². The van der Waals surface area contributed by atoms with E-state index in [1.54, 1.807) is 24.5 Å². The second-order valence-corrected chi connectivity index (χ2v) is 5.52. The maximum Gasteiger partial charge on any atom is 0.265 e. The molecule has 0 saturated heterocycles. The van der Waals surface area contributed by atoms with Crippen molar-refractivity contribution in [3.63, 3.8) is 0 Å². The molecule has 0 aliphatic heterocycles. The summed E-state index contributed by atoms with van der Waals surface area (Å²) in [5.74, 6) is 0.645. The second-order valence-electron chi connectivity index (χ2n) is 5.52.